The number of rotatable bonds is 3. The Kier molecular flexibility index (Phi) is 4.49. The van der Waals surface area contributed by atoms with Crippen LogP contribution in [-0.4, -0.2) is 41.1 Å². The van der Waals surface area contributed by atoms with E-state index < -0.39 is 12.5 Å². The SMILES string of the molecule is C#CCN(CC(=O)O)C(=O)N1c2ccccc2CCC1C. The molecular formula is C16H18N2O3. The number of carboxylic acid groups (broad SMARTS) is 1. The number of carbonyl (C=O) groups excluding carboxylic acids is 1. The lowest BCUT2D eigenvalue weighted by atomic mass is 9.97. The number of amides is 2. The van der Waals surface area contributed by atoms with E-state index in [0.717, 1.165) is 24.1 Å². The van der Waals surface area contributed by atoms with Crippen molar-refractivity contribution in [3.8, 4) is 12.3 Å². The van der Waals surface area contributed by atoms with Gasteiger partial charge in [0.15, 0.2) is 0 Å². The van der Waals surface area contributed by atoms with E-state index in [1.54, 1.807) is 4.90 Å². The minimum Gasteiger partial charge on any atom is -0.480 e. The van der Waals surface area contributed by atoms with Crippen LogP contribution >= 0.6 is 0 Å². The number of anilines is 1. The molecule has 1 heterocycles. The number of hydrogen-bond acceptors (Lipinski definition) is 2. The predicted octanol–water partition coefficient (Wildman–Crippen LogP) is 1.97. The predicted molar refractivity (Wildman–Crippen MR) is 80.1 cm³/mol. The lowest BCUT2D eigenvalue weighted by Crippen LogP contribution is -2.51. The summed E-state index contributed by atoms with van der Waals surface area (Å²) in [5.74, 6) is 1.27. The monoisotopic (exact) mass is 286 g/mol. The summed E-state index contributed by atoms with van der Waals surface area (Å²) in [4.78, 5) is 26.4. The van der Waals surface area contributed by atoms with Crippen LogP contribution in [0.4, 0.5) is 10.5 Å². The number of hydrogen-bond donors (Lipinski definition) is 1. The minimum atomic E-state index is -1.07. The van der Waals surface area contributed by atoms with Crippen molar-refractivity contribution in [2.75, 3.05) is 18.0 Å². The van der Waals surface area contributed by atoms with Gasteiger partial charge in [-0.2, -0.15) is 0 Å². The van der Waals surface area contributed by atoms with Crippen LogP contribution in [0.15, 0.2) is 24.3 Å². The molecule has 0 aromatic heterocycles. The smallest absolute Gasteiger partial charge is 0.326 e. The molecule has 2 amide bonds. The van der Waals surface area contributed by atoms with E-state index in [1.807, 2.05) is 31.2 Å². The van der Waals surface area contributed by atoms with Crippen LogP contribution in [0, 0.1) is 12.3 Å². The first-order valence-electron chi connectivity index (χ1n) is 6.86. The molecule has 1 aromatic rings. The van der Waals surface area contributed by atoms with E-state index in [-0.39, 0.29) is 18.6 Å². The van der Waals surface area contributed by atoms with Crippen molar-refractivity contribution in [3.05, 3.63) is 29.8 Å². The first-order valence-corrected chi connectivity index (χ1v) is 6.86. The number of benzene rings is 1. The van der Waals surface area contributed by atoms with Crippen LogP contribution in [0.3, 0.4) is 0 Å². The Hall–Kier alpha value is -2.48. The molecule has 0 fully saturated rings. The summed E-state index contributed by atoms with van der Waals surface area (Å²) in [6, 6.07) is 7.35. The molecule has 5 nitrogen and oxygen atoms in total. The van der Waals surface area contributed by atoms with E-state index in [2.05, 4.69) is 5.92 Å². The topological polar surface area (TPSA) is 60.9 Å². The number of terminal acetylenes is 1. The van der Waals surface area contributed by atoms with Gasteiger partial charge >= 0.3 is 12.0 Å². The van der Waals surface area contributed by atoms with Gasteiger partial charge in [-0.1, -0.05) is 24.1 Å². The molecule has 1 atom stereocenters. The first-order chi connectivity index (χ1) is 10.0. The van der Waals surface area contributed by atoms with Crippen molar-refractivity contribution >= 4 is 17.7 Å². The largest absolute Gasteiger partial charge is 0.480 e. The summed E-state index contributed by atoms with van der Waals surface area (Å²) in [7, 11) is 0. The Morgan fingerprint density at radius 1 is 1.48 bits per heavy atom. The Morgan fingerprint density at radius 2 is 2.19 bits per heavy atom. The fourth-order valence-corrected chi connectivity index (χ4v) is 2.60. The molecule has 110 valence electrons. The van der Waals surface area contributed by atoms with Gasteiger partial charge in [0.05, 0.1) is 6.54 Å². The lowest BCUT2D eigenvalue weighted by Gasteiger charge is -2.37. The van der Waals surface area contributed by atoms with E-state index in [1.165, 1.54) is 4.90 Å². The molecular weight excluding hydrogens is 268 g/mol. The van der Waals surface area contributed by atoms with Gasteiger partial charge in [-0.3, -0.25) is 9.69 Å². The Labute approximate surface area is 124 Å². The lowest BCUT2D eigenvalue weighted by molar-refractivity contribution is -0.137. The molecule has 1 aliphatic heterocycles. The number of para-hydroxylation sites is 1. The van der Waals surface area contributed by atoms with Crippen LogP contribution in [0.2, 0.25) is 0 Å². The highest BCUT2D eigenvalue weighted by Crippen LogP contribution is 2.31. The normalized spacial score (nSPS) is 16.8. The number of fused-ring (bicyclic) bond motifs is 1. The van der Waals surface area contributed by atoms with Crippen LogP contribution in [0.25, 0.3) is 0 Å². The molecule has 1 aromatic carbocycles. The van der Waals surface area contributed by atoms with E-state index in [9.17, 15) is 9.59 Å². The van der Waals surface area contributed by atoms with Crippen molar-refractivity contribution in [1.82, 2.24) is 4.90 Å². The van der Waals surface area contributed by atoms with Crippen LogP contribution in [0.1, 0.15) is 18.9 Å². The van der Waals surface area contributed by atoms with E-state index >= 15 is 0 Å². The number of urea groups is 1. The van der Waals surface area contributed by atoms with Gasteiger partial charge in [0.25, 0.3) is 0 Å². The molecule has 5 heteroatoms. The molecule has 2 rings (SSSR count). The molecule has 0 spiro atoms. The first kappa shape index (κ1) is 14.9. The van der Waals surface area contributed by atoms with Crippen LogP contribution in [-0.2, 0) is 11.2 Å². The average molecular weight is 286 g/mol. The zero-order valence-corrected chi connectivity index (χ0v) is 12.0. The van der Waals surface area contributed by atoms with Gasteiger partial charge in [-0.05, 0) is 31.4 Å². The zero-order valence-electron chi connectivity index (χ0n) is 12.0. The summed E-state index contributed by atoms with van der Waals surface area (Å²) in [5.41, 5.74) is 1.94. The number of aliphatic carboxylic acids is 1. The van der Waals surface area contributed by atoms with Crippen molar-refractivity contribution in [2.45, 2.75) is 25.8 Å². The van der Waals surface area contributed by atoms with Crippen molar-refractivity contribution in [2.24, 2.45) is 0 Å². The number of nitrogens with zero attached hydrogens (tertiary/aromatic N) is 2. The van der Waals surface area contributed by atoms with Gasteiger partial charge in [-0.15, -0.1) is 6.42 Å². The highest BCUT2D eigenvalue weighted by Gasteiger charge is 2.31. The number of carbonyl (C=O) groups is 2. The number of aryl methyl sites for hydroxylation is 1. The van der Waals surface area contributed by atoms with Crippen LogP contribution in [0.5, 0.6) is 0 Å². The molecule has 0 aliphatic carbocycles. The van der Waals surface area contributed by atoms with Gasteiger partial charge in [0, 0.05) is 11.7 Å². The van der Waals surface area contributed by atoms with Crippen molar-refractivity contribution in [1.29, 1.82) is 0 Å². The fraction of sp³-hybridized carbons (Fsp3) is 0.375. The molecule has 0 saturated carbocycles. The van der Waals surface area contributed by atoms with Crippen molar-refractivity contribution in [3.63, 3.8) is 0 Å². The van der Waals surface area contributed by atoms with Gasteiger partial charge < -0.3 is 10.0 Å². The second-order valence-electron chi connectivity index (χ2n) is 5.12. The van der Waals surface area contributed by atoms with Crippen LogP contribution < -0.4 is 4.90 Å². The number of carboxylic acids is 1. The highest BCUT2D eigenvalue weighted by atomic mass is 16.4. The maximum atomic E-state index is 12.7. The zero-order chi connectivity index (χ0) is 15.4. The average Bonchev–Trinajstić information content (AvgIpc) is 2.45. The van der Waals surface area contributed by atoms with E-state index in [0.29, 0.717) is 0 Å². The molecule has 1 aliphatic rings. The Balaban J connectivity index is 2.32. The second kappa shape index (κ2) is 6.31. The summed E-state index contributed by atoms with van der Waals surface area (Å²) in [6.45, 7) is 1.55. The molecule has 1 unspecified atom stereocenters. The van der Waals surface area contributed by atoms with Gasteiger partial charge in [0.2, 0.25) is 0 Å². The van der Waals surface area contributed by atoms with E-state index in [4.69, 9.17) is 11.5 Å². The standard InChI is InChI=1S/C16H18N2O3/c1-3-10-17(11-15(19)20)16(21)18-12(2)8-9-13-6-4-5-7-14(13)18/h1,4-7,12H,8-11H2,2H3,(H,19,20). The third-order valence-corrected chi connectivity index (χ3v) is 3.61. The molecule has 1 N–H and O–H groups in total. The molecule has 21 heavy (non-hydrogen) atoms. The van der Waals surface area contributed by atoms with Gasteiger partial charge in [0.1, 0.15) is 6.54 Å². The third-order valence-electron chi connectivity index (χ3n) is 3.61. The summed E-state index contributed by atoms with van der Waals surface area (Å²) in [6.07, 6.45) is 7.01. The maximum absolute atomic E-state index is 12.7. The van der Waals surface area contributed by atoms with Gasteiger partial charge in [-0.25, -0.2) is 4.79 Å². The summed E-state index contributed by atoms with van der Waals surface area (Å²) < 4.78 is 0. The minimum absolute atomic E-state index is 0.0152. The fourth-order valence-electron chi connectivity index (χ4n) is 2.60. The maximum Gasteiger partial charge on any atom is 0.326 e. The quantitative estimate of drug-likeness (QED) is 0.864. The summed E-state index contributed by atoms with van der Waals surface area (Å²) in [5, 5.41) is 8.94. The third kappa shape index (κ3) is 3.16. The highest BCUT2D eigenvalue weighted by molar-refractivity contribution is 5.95. The Bertz CT molecular complexity index is 591. The molecule has 0 radical (unpaired) electrons. The summed E-state index contributed by atoms with van der Waals surface area (Å²) >= 11 is 0. The molecule has 0 saturated heterocycles. The molecule has 0 bridgehead atoms. The Morgan fingerprint density at radius 3 is 2.86 bits per heavy atom. The second-order valence-corrected chi connectivity index (χ2v) is 5.12. The van der Waals surface area contributed by atoms with Crippen molar-refractivity contribution < 1.29 is 14.7 Å².